The fourth-order valence-electron chi connectivity index (χ4n) is 8.81. The van der Waals surface area contributed by atoms with Crippen LogP contribution in [0.5, 0.6) is 0 Å². The highest BCUT2D eigenvalue weighted by Crippen LogP contribution is 2.60. The Morgan fingerprint density at radius 1 is 1.03 bits per heavy atom. The van der Waals surface area contributed by atoms with Crippen molar-refractivity contribution in [2.75, 3.05) is 0 Å². The molecule has 4 aliphatic rings. The van der Waals surface area contributed by atoms with Crippen molar-refractivity contribution >= 4 is 0 Å². The molecular formula is C29H50O. The Balaban J connectivity index is 1.43. The van der Waals surface area contributed by atoms with Gasteiger partial charge in [0.15, 0.2) is 0 Å². The first-order chi connectivity index (χ1) is 14.3. The van der Waals surface area contributed by atoms with Crippen molar-refractivity contribution in [3.05, 3.63) is 11.6 Å². The molecule has 0 amide bonds. The van der Waals surface area contributed by atoms with Crippen molar-refractivity contribution < 1.29 is 5.11 Å². The molecule has 0 saturated heterocycles. The Hall–Kier alpha value is -0.300. The lowest BCUT2D eigenvalue weighted by Gasteiger charge is -2.52. The third kappa shape index (κ3) is 4.31. The molecule has 0 aromatic carbocycles. The molecule has 1 N–H and O–H groups in total. The molecule has 4 rings (SSSR count). The molecule has 1 heteroatoms. The lowest BCUT2D eigenvalue weighted by atomic mass is 9.54. The van der Waals surface area contributed by atoms with Crippen LogP contribution in [0.4, 0.5) is 0 Å². The second-order valence-corrected chi connectivity index (χ2v) is 12.6. The first-order valence-corrected chi connectivity index (χ1v) is 13.7. The number of hydrogen-bond donors (Lipinski definition) is 1. The van der Waals surface area contributed by atoms with E-state index >= 15 is 0 Å². The summed E-state index contributed by atoms with van der Waals surface area (Å²) in [6.07, 6.45) is 18.8. The van der Waals surface area contributed by atoms with Gasteiger partial charge in [-0.15, -0.1) is 0 Å². The van der Waals surface area contributed by atoms with Crippen molar-refractivity contribution in [3.8, 4) is 0 Å². The van der Waals surface area contributed by atoms with Gasteiger partial charge in [-0.2, -0.15) is 0 Å². The van der Waals surface area contributed by atoms with Crippen LogP contribution in [0.3, 0.4) is 0 Å². The summed E-state index contributed by atoms with van der Waals surface area (Å²) >= 11 is 0. The van der Waals surface area contributed by atoms with Gasteiger partial charge in [-0.05, 0) is 117 Å². The van der Waals surface area contributed by atoms with Crippen LogP contribution in [0.25, 0.3) is 0 Å². The van der Waals surface area contributed by atoms with Crippen LogP contribution in [0, 0.1) is 52.8 Å². The van der Waals surface area contributed by atoms with Crippen LogP contribution >= 0.6 is 0 Å². The molecule has 1 nitrogen and oxygen atoms in total. The first-order valence-electron chi connectivity index (χ1n) is 13.7. The zero-order chi connectivity index (χ0) is 21.5. The van der Waals surface area contributed by atoms with Gasteiger partial charge in [-0.1, -0.05) is 59.1 Å². The van der Waals surface area contributed by atoms with E-state index in [9.17, 15) is 5.11 Å². The maximum Gasteiger partial charge on any atom is 0.0577 e. The molecule has 3 fully saturated rings. The van der Waals surface area contributed by atoms with Gasteiger partial charge in [0.05, 0.1) is 6.10 Å². The Kier molecular flexibility index (Phi) is 7.08. The van der Waals surface area contributed by atoms with Gasteiger partial charge in [0.1, 0.15) is 0 Å². The van der Waals surface area contributed by atoms with Crippen LogP contribution in [0.2, 0.25) is 0 Å². The molecule has 0 aromatic rings. The molecule has 0 aliphatic heterocycles. The van der Waals surface area contributed by atoms with Crippen LogP contribution in [-0.2, 0) is 0 Å². The molecule has 9 atom stereocenters. The lowest BCUT2D eigenvalue weighted by molar-refractivity contribution is 0.0275. The van der Waals surface area contributed by atoms with E-state index in [2.05, 4.69) is 40.7 Å². The highest BCUT2D eigenvalue weighted by atomic mass is 16.3. The van der Waals surface area contributed by atoms with Gasteiger partial charge in [0, 0.05) is 0 Å². The van der Waals surface area contributed by atoms with Gasteiger partial charge in [0.2, 0.25) is 0 Å². The number of fused-ring (bicyclic) bond motifs is 6. The Morgan fingerprint density at radius 2 is 1.80 bits per heavy atom. The average Bonchev–Trinajstić information content (AvgIpc) is 2.86. The highest BCUT2D eigenvalue weighted by Gasteiger charge is 2.51. The maximum atomic E-state index is 10.3. The Bertz CT molecular complexity index is 605. The largest absolute Gasteiger partial charge is 0.393 e. The molecule has 4 unspecified atom stereocenters. The van der Waals surface area contributed by atoms with Gasteiger partial charge in [0.25, 0.3) is 0 Å². The van der Waals surface area contributed by atoms with E-state index < -0.39 is 0 Å². The van der Waals surface area contributed by atoms with E-state index in [1.54, 1.807) is 5.57 Å². The van der Waals surface area contributed by atoms with Crippen molar-refractivity contribution in [2.24, 2.45) is 52.8 Å². The molecule has 0 radical (unpaired) electrons. The van der Waals surface area contributed by atoms with E-state index in [4.69, 9.17) is 0 Å². The van der Waals surface area contributed by atoms with Gasteiger partial charge in [-0.25, -0.2) is 0 Å². The summed E-state index contributed by atoms with van der Waals surface area (Å²) < 4.78 is 0. The van der Waals surface area contributed by atoms with Crippen molar-refractivity contribution in [1.82, 2.24) is 0 Å². The van der Waals surface area contributed by atoms with Crippen LogP contribution in [-0.4, -0.2) is 11.2 Å². The van der Waals surface area contributed by atoms with E-state index in [0.717, 1.165) is 60.2 Å². The topological polar surface area (TPSA) is 20.2 Å². The van der Waals surface area contributed by atoms with Crippen LogP contribution < -0.4 is 0 Å². The Morgan fingerprint density at radius 3 is 2.53 bits per heavy atom. The summed E-state index contributed by atoms with van der Waals surface area (Å²) in [5.74, 6) is 7.45. The minimum atomic E-state index is -0.0751. The quantitative estimate of drug-likeness (QED) is 0.436. The zero-order valence-corrected chi connectivity index (χ0v) is 20.7. The summed E-state index contributed by atoms with van der Waals surface area (Å²) in [5, 5.41) is 10.3. The average molecular weight is 415 g/mol. The van der Waals surface area contributed by atoms with E-state index in [1.165, 1.54) is 64.2 Å². The molecule has 2 bridgehead atoms. The summed E-state index contributed by atoms with van der Waals surface area (Å²) in [5.41, 5.74) is 2.02. The summed E-state index contributed by atoms with van der Waals surface area (Å²) in [4.78, 5) is 0. The van der Waals surface area contributed by atoms with Crippen molar-refractivity contribution in [2.45, 2.75) is 118 Å². The zero-order valence-electron chi connectivity index (χ0n) is 20.7. The molecule has 30 heavy (non-hydrogen) atoms. The highest BCUT2D eigenvalue weighted by molar-refractivity contribution is 5.24. The third-order valence-corrected chi connectivity index (χ3v) is 10.9. The molecule has 4 aliphatic carbocycles. The summed E-state index contributed by atoms with van der Waals surface area (Å²) in [7, 11) is 0. The number of rotatable bonds is 6. The first kappa shape index (κ1) is 22.9. The predicted molar refractivity (Wildman–Crippen MR) is 128 cm³/mol. The van der Waals surface area contributed by atoms with Gasteiger partial charge >= 0.3 is 0 Å². The second kappa shape index (κ2) is 9.29. The van der Waals surface area contributed by atoms with Gasteiger partial charge in [-0.3, -0.25) is 0 Å². The van der Waals surface area contributed by atoms with E-state index in [0.29, 0.717) is 5.41 Å². The molecule has 3 saturated carbocycles. The molecule has 172 valence electrons. The Labute approximate surface area is 187 Å². The van der Waals surface area contributed by atoms with Crippen molar-refractivity contribution in [1.29, 1.82) is 0 Å². The molecule has 0 heterocycles. The number of hydrogen-bond acceptors (Lipinski definition) is 1. The number of allylic oxidation sites excluding steroid dienone is 1. The van der Waals surface area contributed by atoms with Crippen molar-refractivity contribution in [3.63, 3.8) is 0 Å². The van der Waals surface area contributed by atoms with E-state index in [-0.39, 0.29) is 6.10 Å². The smallest absolute Gasteiger partial charge is 0.0577 e. The number of aliphatic hydroxyl groups is 1. The van der Waals surface area contributed by atoms with Crippen LogP contribution in [0.15, 0.2) is 11.6 Å². The normalized spacial score (nSPS) is 43.2. The maximum absolute atomic E-state index is 10.3. The van der Waals surface area contributed by atoms with Gasteiger partial charge < -0.3 is 5.11 Å². The van der Waals surface area contributed by atoms with Crippen LogP contribution in [0.1, 0.15) is 112 Å². The SMILES string of the molecule is CC[C@@H](CC[C@@H](C)[C@H]1CCC2C[C@H]1CCC1C2CC=C2CC(O)CC[C@@]21C)C(C)C. The fourth-order valence-corrected chi connectivity index (χ4v) is 8.81. The minimum Gasteiger partial charge on any atom is -0.393 e. The summed E-state index contributed by atoms with van der Waals surface area (Å²) in [6, 6.07) is 0. The number of aliphatic hydroxyl groups excluding tert-OH is 1. The predicted octanol–water partition coefficient (Wildman–Crippen LogP) is 8.02. The third-order valence-electron chi connectivity index (χ3n) is 10.9. The molecule has 0 aromatic heterocycles. The second-order valence-electron chi connectivity index (χ2n) is 12.6. The standard InChI is InChI=1S/C29H50O/c1-6-21(19(2)3)8-7-20(4)26-12-9-23-17-22(26)10-14-28-27(23)13-11-24-18-25(30)15-16-29(24,28)5/h11,19-23,25-28,30H,6-10,12-18H2,1-5H3/t20-,21+,22-,23?,25?,26-,27?,28?,29+/m1/s1. The minimum absolute atomic E-state index is 0.0751. The molecule has 0 spiro atoms. The molecular weight excluding hydrogens is 364 g/mol. The summed E-state index contributed by atoms with van der Waals surface area (Å²) in [6.45, 7) is 12.4. The monoisotopic (exact) mass is 414 g/mol. The lowest BCUT2D eigenvalue weighted by Crippen LogP contribution is -2.43. The fraction of sp³-hybridized carbons (Fsp3) is 0.931. The van der Waals surface area contributed by atoms with E-state index in [1.807, 2.05) is 0 Å².